The zero-order valence-electron chi connectivity index (χ0n) is 11.9. The molecule has 0 atom stereocenters. The van der Waals surface area contributed by atoms with E-state index in [9.17, 15) is 8.42 Å². The average molecular weight is 290 g/mol. The average Bonchev–Trinajstić information content (AvgIpc) is 2.56. The van der Waals surface area contributed by atoms with Crippen LogP contribution < -0.4 is 10.5 Å². The summed E-state index contributed by atoms with van der Waals surface area (Å²) in [7, 11) is -3.58. The Morgan fingerprint density at radius 3 is 2.05 bits per heavy atom. The SMILES string of the molecule is CCN(CC)S(=O)(=O)NC1(C(=N)N)CCCCCC1. The summed E-state index contributed by atoms with van der Waals surface area (Å²) in [6, 6.07) is 0. The van der Waals surface area contributed by atoms with Crippen LogP contribution in [0.15, 0.2) is 0 Å². The van der Waals surface area contributed by atoms with Crippen molar-refractivity contribution in [2.45, 2.75) is 57.9 Å². The molecule has 0 aromatic heterocycles. The smallest absolute Gasteiger partial charge is 0.280 e. The van der Waals surface area contributed by atoms with E-state index in [1.54, 1.807) is 13.8 Å². The predicted octanol–water partition coefficient (Wildman–Crippen LogP) is 1.19. The van der Waals surface area contributed by atoms with Crippen LogP contribution in [-0.2, 0) is 10.2 Å². The second kappa shape index (κ2) is 6.67. The zero-order valence-corrected chi connectivity index (χ0v) is 12.7. The van der Waals surface area contributed by atoms with E-state index in [4.69, 9.17) is 11.1 Å². The van der Waals surface area contributed by atoms with E-state index < -0.39 is 15.7 Å². The van der Waals surface area contributed by atoms with Crippen LogP contribution in [0, 0.1) is 5.41 Å². The fourth-order valence-electron chi connectivity index (χ4n) is 2.63. The molecule has 0 spiro atoms. The summed E-state index contributed by atoms with van der Waals surface area (Å²) in [4.78, 5) is 0. The first-order valence-electron chi connectivity index (χ1n) is 7.01. The van der Waals surface area contributed by atoms with Gasteiger partial charge in [-0.2, -0.15) is 17.4 Å². The third-order valence-corrected chi connectivity index (χ3v) is 5.69. The van der Waals surface area contributed by atoms with Crippen molar-refractivity contribution in [3.05, 3.63) is 0 Å². The molecule has 0 radical (unpaired) electrons. The number of nitrogens with two attached hydrogens (primary N) is 1. The van der Waals surface area contributed by atoms with Crippen molar-refractivity contribution in [2.24, 2.45) is 5.73 Å². The lowest BCUT2D eigenvalue weighted by Gasteiger charge is -2.34. The first-order valence-corrected chi connectivity index (χ1v) is 8.45. The van der Waals surface area contributed by atoms with E-state index in [1.165, 1.54) is 4.31 Å². The lowest BCUT2D eigenvalue weighted by atomic mass is 9.90. The first kappa shape index (κ1) is 16.4. The van der Waals surface area contributed by atoms with Crippen molar-refractivity contribution in [1.29, 1.82) is 5.41 Å². The van der Waals surface area contributed by atoms with Crippen LogP contribution in [0.3, 0.4) is 0 Å². The molecule has 1 saturated carbocycles. The standard InChI is InChI=1S/C12H26N4O2S/c1-3-16(4-2)19(17,18)15-12(11(13)14)9-7-5-6-8-10-12/h15H,3-10H2,1-2H3,(H3,13,14). The minimum atomic E-state index is -3.58. The lowest BCUT2D eigenvalue weighted by Crippen LogP contribution is -2.59. The maximum Gasteiger partial charge on any atom is 0.280 e. The summed E-state index contributed by atoms with van der Waals surface area (Å²) >= 11 is 0. The van der Waals surface area contributed by atoms with Crippen molar-refractivity contribution >= 4 is 16.0 Å². The van der Waals surface area contributed by atoms with Gasteiger partial charge in [-0.1, -0.05) is 39.5 Å². The minimum Gasteiger partial charge on any atom is -0.386 e. The van der Waals surface area contributed by atoms with E-state index in [1.807, 2.05) is 0 Å². The molecule has 1 rings (SSSR count). The molecule has 0 unspecified atom stereocenters. The number of hydrogen-bond acceptors (Lipinski definition) is 3. The lowest BCUT2D eigenvalue weighted by molar-refractivity contribution is 0.388. The Morgan fingerprint density at radius 2 is 1.68 bits per heavy atom. The monoisotopic (exact) mass is 290 g/mol. The Hall–Kier alpha value is -0.660. The van der Waals surface area contributed by atoms with Crippen LogP contribution in [-0.4, -0.2) is 37.2 Å². The van der Waals surface area contributed by atoms with Gasteiger partial charge in [-0.15, -0.1) is 0 Å². The highest BCUT2D eigenvalue weighted by molar-refractivity contribution is 7.87. The van der Waals surface area contributed by atoms with Crippen LogP contribution in [0.4, 0.5) is 0 Å². The molecule has 19 heavy (non-hydrogen) atoms. The Balaban J connectivity index is 2.98. The van der Waals surface area contributed by atoms with Gasteiger partial charge in [0.25, 0.3) is 10.2 Å². The highest BCUT2D eigenvalue weighted by atomic mass is 32.2. The van der Waals surface area contributed by atoms with Crippen LogP contribution in [0.1, 0.15) is 52.4 Å². The second-order valence-electron chi connectivity index (χ2n) is 5.10. The van der Waals surface area contributed by atoms with Crippen LogP contribution >= 0.6 is 0 Å². The number of nitrogens with zero attached hydrogens (tertiary/aromatic N) is 1. The number of amidine groups is 1. The van der Waals surface area contributed by atoms with Gasteiger partial charge in [0.1, 0.15) is 5.84 Å². The highest BCUT2D eigenvalue weighted by Gasteiger charge is 2.39. The fourth-order valence-corrected chi connectivity index (χ4v) is 4.25. The largest absolute Gasteiger partial charge is 0.386 e. The van der Waals surface area contributed by atoms with E-state index in [0.29, 0.717) is 25.9 Å². The minimum absolute atomic E-state index is 0.0647. The third kappa shape index (κ3) is 3.90. The molecule has 0 saturated heterocycles. The molecule has 112 valence electrons. The molecule has 6 nitrogen and oxygen atoms in total. The Kier molecular flexibility index (Phi) is 5.76. The Labute approximate surface area is 116 Å². The van der Waals surface area contributed by atoms with E-state index >= 15 is 0 Å². The van der Waals surface area contributed by atoms with Gasteiger partial charge in [0, 0.05) is 13.1 Å². The van der Waals surface area contributed by atoms with Gasteiger partial charge < -0.3 is 5.73 Å². The molecule has 1 fully saturated rings. The molecule has 1 aliphatic carbocycles. The van der Waals surface area contributed by atoms with Crippen LogP contribution in [0.25, 0.3) is 0 Å². The topological polar surface area (TPSA) is 99.3 Å². The van der Waals surface area contributed by atoms with Gasteiger partial charge >= 0.3 is 0 Å². The van der Waals surface area contributed by atoms with Crippen molar-refractivity contribution < 1.29 is 8.42 Å². The summed E-state index contributed by atoms with van der Waals surface area (Å²) in [5.74, 6) is -0.0647. The molecule has 0 aromatic rings. The van der Waals surface area contributed by atoms with E-state index in [0.717, 1.165) is 25.7 Å². The zero-order chi connectivity index (χ0) is 14.5. The van der Waals surface area contributed by atoms with Crippen molar-refractivity contribution in [3.63, 3.8) is 0 Å². The first-order chi connectivity index (χ1) is 8.88. The van der Waals surface area contributed by atoms with Gasteiger partial charge in [-0.25, -0.2) is 0 Å². The molecule has 4 N–H and O–H groups in total. The van der Waals surface area contributed by atoms with Gasteiger partial charge in [-0.05, 0) is 12.8 Å². The molecular formula is C12H26N4O2S. The maximum atomic E-state index is 12.3. The van der Waals surface area contributed by atoms with Crippen molar-refractivity contribution in [3.8, 4) is 0 Å². The van der Waals surface area contributed by atoms with Crippen LogP contribution in [0.2, 0.25) is 0 Å². The highest BCUT2D eigenvalue weighted by Crippen LogP contribution is 2.28. The van der Waals surface area contributed by atoms with Gasteiger partial charge in [0.15, 0.2) is 0 Å². The van der Waals surface area contributed by atoms with Gasteiger partial charge in [-0.3, -0.25) is 5.41 Å². The molecular weight excluding hydrogens is 264 g/mol. The normalized spacial score (nSPS) is 20.2. The number of hydrogen-bond donors (Lipinski definition) is 3. The fraction of sp³-hybridized carbons (Fsp3) is 0.917. The quantitative estimate of drug-likeness (QED) is 0.389. The summed E-state index contributed by atoms with van der Waals surface area (Å²) in [6.07, 6.45) is 5.18. The van der Waals surface area contributed by atoms with Gasteiger partial charge in [0.2, 0.25) is 0 Å². The molecule has 7 heteroatoms. The molecule has 0 aromatic carbocycles. The number of nitrogens with one attached hydrogen (secondary N) is 2. The van der Waals surface area contributed by atoms with Gasteiger partial charge in [0.05, 0.1) is 5.54 Å². The van der Waals surface area contributed by atoms with E-state index in [-0.39, 0.29) is 5.84 Å². The summed E-state index contributed by atoms with van der Waals surface area (Å²) < 4.78 is 28.8. The summed E-state index contributed by atoms with van der Waals surface area (Å²) in [5.41, 5.74) is 4.81. The molecule has 0 bridgehead atoms. The second-order valence-corrected chi connectivity index (χ2v) is 6.77. The van der Waals surface area contributed by atoms with Crippen molar-refractivity contribution in [1.82, 2.24) is 9.03 Å². The van der Waals surface area contributed by atoms with E-state index in [2.05, 4.69) is 4.72 Å². The Bertz CT molecular complexity index is 396. The molecule has 0 aliphatic heterocycles. The molecule has 0 amide bonds. The summed E-state index contributed by atoms with van der Waals surface area (Å²) in [6.45, 7) is 4.44. The van der Waals surface area contributed by atoms with Crippen molar-refractivity contribution in [2.75, 3.05) is 13.1 Å². The molecule has 0 heterocycles. The third-order valence-electron chi connectivity index (χ3n) is 3.84. The number of rotatable bonds is 6. The molecule has 1 aliphatic rings. The van der Waals surface area contributed by atoms with Crippen LogP contribution in [0.5, 0.6) is 0 Å². The summed E-state index contributed by atoms with van der Waals surface area (Å²) in [5, 5.41) is 7.80. The maximum absolute atomic E-state index is 12.3. The Morgan fingerprint density at radius 1 is 1.21 bits per heavy atom. The predicted molar refractivity (Wildman–Crippen MR) is 77.3 cm³/mol.